The van der Waals surface area contributed by atoms with Gasteiger partial charge >= 0.3 is 0 Å². The summed E-state index contributed by atoms with van der Waals surface area (Å²) in [6.07, 6.45) is 0. The topological polar surface area (TPSA) is 22.9 Å². The molecule has 1 aliphatic carbocycles. The van der Waals surface area contributed by atoms with Crippen LogP contribution in [-0.2, 0) is 27.1 Å². The van der Waals surface area contributed by atoms with E-state index >= 15 is 0 Å². The third-order valence-corrected chi connectivity index (χ3v) is 25.8. The lowest BCUT2D eigenvalue weighted by molar-refractivity contribution is 0.590. The van der Waals surface area contributed by atoms with Crippen LogP contribution in [0.2, 0.25) is 19.6 Å². The monoisotopic (exact) mass is 1410 g/mol. The molecule has 0 radical (unpaired) electrons. The van der Waals surface area contributed by atoms with Gasteiger partial charge in [0.2, 0.25) is 0 Å². The van der Waals surface area contributed by atoms with Gasteiger partial charge in [0.15, 0.2) is 0 Å². The second kappa shape index (κ2) is 25.2. The van der Waals surface area contributed by atoms with Crippen LogP contribution in [0, 0.1) is 0 Å². The zero-order valence-electron chi connectivity index (χ0n) is 63.9. The maximum Gasteiger partial charge on any atom is 0.145 e. The Morgan fingerprint density at radius 2 is 0.689 bits per heavy atom. The molecule has 0 fully saturated rings. The van der Waals surface area contributed by atoms with Gasteiger partial charge in [-0.25, -0.2) is 0 Å². The largest absolute Gasteiger partial charge is 0.455 e. The first-order chi connectivity index (χ1) is 50.7. The highest BCUT2D eigenvalue weighted by atomic mass is 32.1. The molecule has 1 unspecified atom stereocenters. The predicted octanol–water partition coefficient (Wildman–Crippen LogP) is 28.8. The minimum atomic E-state index is -1.88. The molecule has 2 aromatic heterocycles. The number of furan rings is 1. The molecule has 0 saturated heterocycles. The minimum absolute atomic E-state index is 0.0189. The summed E-state index contributed by atoms with van der Waals surface area (Å²) in [5.41, 5.74) is 22.4. The number of thiophene rings is 1. The number of rotatable bonds is 12. The average molecular weight is 1410 g/mol. The number of nitrogens with zero attached hydrogens (tertiary/aromatic N) is 3. The SMILES string of the molecule is CC(C)(C)c1ccc(N(c2ccc(C(C)(C)C)cc2)c2ccc(C3(c4ccc([Si](C)(C)C)cc4)c4cc(N(c5ccc(C(C)(C)C)cc5)c5cccc6ccccc56)c5c(oc6ccccc65)c4-c4c3cc(N(c3ccc(C(C)(C)C)cc3)c3cccc5ccccc35)c3sc5ccccc5c43)cc2)cc1. The summed E-state index contributed by atoms with van der Waals surface area (Å²) < 4.78 is 10.3. The molecule has 0 spiro atoms. The number of benzene rings is 14. The van der Waals surface area contributed by atoms with E-state index in [9.17, 15) is 0 Å². The van der Waals surface area contributed by atoms with Crippen LogP contribution in [0.25, 0.3) is 74.8 Å². The fraction of sp³-hybridized carbons (Fsp3) is 0.200. The Balaban J connectivity index is 1.06. The zero-order valence-corrected chi connectivity index (χ0v) is 65.7. The highest BCUT2D eigenvalue weighted by molar-refractivity contribution is 7.26. The molecule has 2 heterocycles. The van der Waals surface area contributed by atoms with E-state index < -0.39 is 13.5 Å². The van der Waals surface area contributed by atoms with Gasteiger partial charge < -0.3 is 19.1 Å². The summed E-state index contributed by atoms with van der Waals surface area (Å²) in [5.74, 6) is 0. The zero-order chi connectivity index (χ0) is 73.6. The van der Waals surface area contributed by atoms with E-state index in [2.05, 4.69) is 409 Å². The highest BCUT2D eigenvalue weighted by Crippen LogP contribution is 2.66. The molecule has 17 rings (SSSR count). The summed E-state index contributed by atoms with van der Waals surface area (Å²) in [5, 5.41) is 10.6. The van der Waals surface area contributed by atoms with Crippen LogP contribution in [0.1, 0.15) is 128 Å². The first-order valence-electron chi connectivity index (χ1n) is 37.7. The van der Waals surface area contributed by atoms with Gasteiger partial charge in [0, 0.05) is 65.6 Å². The Morgan fingerprint density at radius 1 is 0.321 bits per heavy atom. The lowest BCUT2D eigenvalue weighted by Crippen LogP contribution is -2.38. The number of fused-ring (bicyclic) bond motifs is 13. The normalized spacial score (nSPS) is 14.2. The number of hydrogen-bond donors (Lipinski definition) is 0. The molecule has 4 nitrogen and oxygen atoms in total. The van der Waals surface area contributed by atoms with Gasteiger partial charge in [-0.1, -0.05) is 302 Å². The smallest absolute Gasteiger partial charge is 0.145 e. The van der Waals surface area contributed by atoms with Gasteiger partial charge in [0.1, 0.15) is 11.2 Å². The van der Waals surface area contributed by atoms with Crippen molar-refractivity contribution in [3.05, 3.63) is 336 Å². The summed E-state index contributed by atoms with van der Waals surface area (Å²) in [6.45, 7) is 35.0. The molecule has 0 bridgehead atoms. The standard InChI is InChI=1S/C100H93N3OSSi/c1-96(2,3)66-38-50-72(51-39-66)101(73-52-40-67(41-53-73)97(4,5)6)74-58-46-70(47-59-74)100(71-48-60-77(61-49-71)106(13,14)15)82-63-87(103(76-56-44-69(45-57-76)99(10,11)12)85-35-25-29-65-27-17-19-31-79(65)85)95-91(81-33-21-23-37-89(81)105-95)92(82)93-83(100)62-86(90-80-32-20-22-36-88(80)104-94(90)93)102(75-54-42-68(43-55-75)98(7,8)9)84-34-24-28-64-26-16-18-30-78(64)84/h16-63H,1-15H3. The molecule has 1 aliphatic rings. The van der Waals surface area contributed by atoms with E-state index in [4.69, 9.17) is 4.42 Å². The van der Waals surface area contributed by atoms with E-state index in [1.807, 2.05) is 11.3 Å². The van der Waals surface area contributed by atoms with Gasteiger partial charge in [-0.05, 0) is 180 Å². The van der Waals surface area contributed by atoms with Crippen LogP contribution < -0.4 is 19.9 Å². The van der Waals surface area contributed by atoms with Gasteiger partial charge in [-0.2, -0.15) is 0 Å². The third kappa shape index (κ3) is 11.4. The summed E-state index contributed by atoms with van der Waals surface area (Å²) >= 11 is 1.90. The van der Waals surface area contributed by atoms with Crippen molar-refractivity contribution < 1.29 is 4.42 Å². The van der Waals surface area contributed by atoms with Crippen LogP contribution in [0.3, 0.4) is 0 Å². The van der Waals surface area contributed by atoms with Crippen molar-refractivity contribution >= 4 is 139 Å². The number of anilines is 9. The van der Waals surface area contributed by atoms with Crippen LogP contribution in [-0.4, -0.2) is 8.07 Å². The van der Waals surface area contributed by atoms with Gasteiger partial charge in [0.25, 0.3) is 0 Å². The van der Waals surface area contributed by atoms with E-state index in [-0.39, 0.29) is 21.7 Å². The average Bonchev–Trinajstić information content (AvgIpc) is 1.50. The molecule has 6 heteroatoms. The van der Waals surface area contributed by atoms with Crippen molar-refractivity contribution in [1.82, 2.24) is 0 Å². The lowest BCUT2D eigenvalue weighted by atomic mass is 9.67. The first-order valence-corrected chi connectivity index (χ1v) is 42.0. The Kier molecular flexibility index (Phi) is 16.3. The lowest BCUT2D eigenvalue weighted by Gasteiger charge is -2.37. The summed E-state index contributed by atoms with van der Waals surface area (Å²) in [4.78, 5) is 7.60. The summed E-state index contributed by atoms with van der Waals surface area (Å²) in [6, 6.07) is 112. The number of para-hydroxylation sites is 1. The van der Waals surface area contributed by atoms with Crippen LogP contribution in [0.4, 0.5) is 51.2 Å². The molecular formula is C100H93N3OSSi. The van der Waals surface area contributed by atoms with Crippen molar-refractivity contribution in [1.29, 1.82) is 0 Å². The van der Waals surface area contributed by atoms with Crippen molar-refractivity contribution in [3.63, 3.8) is 0 Å². The molecule has 524 valence electrons. The maximum atomic E-state index is 7.91. The Morgan fingerprint density at radius 3 is 1.15 bits per heavy atom. The van der Waals surface area contributed by atoms with Gasteiger partial charge in [-0.15, -0.1) is 11.3 Å². The maximum absolute atomic E-state index is 7.91. The fourth-order valence-electron chi connectivity index (χ4n) is 16.7. The predicted molar refractivity (Wildman–Crippen MR) is 461 cm³/mol. The van der Waals surface area contributed by atoms with Crippen molar-refractivity contribution in [2.75, 3.05) is 14.7 Å². The van der Waals surface area contributed by atoms with Crippen molar-refractivity contribution in [2.45, 2.75) is 130 Å². The molecule has 1 atom stereocenters. The molecule has 16 aromatic rings. The second-order valence-electron chi connectivity index (χ2n) is 34.6. The third-order valence-electron chi connectivity index (χ3n) is 22.5. The minimum Gasteiger partial charge on any atom is -0.455 e. The Labute approximate surface area is 630 Å². The van der Waals surface area contributed by atoms with Crippen LogP contribution in [0.15, 0.2) is 296 Å². The molecular weight excluding hydrogens is 1320 g/mol. The van der Waals surface area contributed by atoms with E-state index in [0.717, 1.165) is 95.2 Å². The van der Waals surface area contributed by atoms with Gasteiger partial charge in [0.05, 0.1) is 46.3 Å². The summed E-state index contributed by atoms with van der Waals surface area (Å²) in [7, 11) is -1.88. The van der Waals surface area contributed by atoms with E-state index in [0.29, 0.717) is 0 Å². The molecule has 0 saturated carbocycles. The molecule has 0 aliphatic heterocycles. The highest BCUT2D eigenvalue weighted by Gasteiger charge is 2.51. The van der Waals surface area contributed by atoms with Crippen LogP contribution in [0.5, 0.6) is 0 Å². The van der Waals surface area contributed by atoms with Crippen molar-refractivity contribution in [3.8, 4) is 11.1 Å². The molecule has 14 aromatic carbocycles. The van der Waals surface area contributed by atoms with E-state index in [1.165, 1.54) is 80.5 Å². The Hall–Kier alpha value is -10.8. The quantitative estimate of drug-likeness (QED) is 0.114. The molecule has 0 N–H and O–H groups in total. The van der Waals surface area contributed by atoms with E-state index in [1.54, 1.807) is 0 Å². The first kappa shape index (κ1) is 68.4. The van der Waals surface area contributed by atoms with Gasteiger partial charge in [-0.3, -0.25) is 0 Å². The molecule has 106 heavy (non-hydrogen) atoms. The molecule has 0 amide bonds. The van der Waals surface area contributed by atoms with Crippen LogP contribution >= 0.6 is 11.3 Å². The second-order valence-corrected chi connectivity index (χ2v) is 40.7. The fourth-order valence-corrected chi connectivity index (χ4v) is 19.1. The number of hydrogen-bond acceptors (Lipinski definition) is 5. The Bertz CT molecular complexity index is 6000. The van der Waals surface area contributed by atoms with Crippen molar-refractivity contribution in [2.24, 2.45) is 0 Å².